The van der Waals surface area contributed by atoms with Gasteiger partial charge in [0.25, 0.3) is 0 Å². The first kappa shape index (κ1) is 11.5. The van der Waals surface area contributed by atoms with E-state index >= 15 is 0 Å². The molecule has 18 heavy (non-hydrogen) atoms. The smallest absolute Gasteiger partial charge is 0.198 e. The highest BCUT2D eigenvalue weighted by Crippen LogP contribution is 2.24. The molecule has 0 radical (unpaired) electrons. The van der Waals surface area contributed by atoms with Crippen LogP contribution in [0.2, 0.25) is 0 Å². The maximum atomic E-state index is 12.1. The zero-order chi connectivity index (χ0) is 12.4. The van der Waals surface area contributed by atoms with E-state index in [1.165, 1.54) is 0 Å². The predicted octanol–water partition coefficient (Wildman–Crippen LogP) is 3.43. The Bertz CT molecular complexity index is 517. The van der Waals surface area contributed by atoms with Crippen LogP contribution >= 0.6 is 0 Å². The van der Waals surface area contributed by atoms with Crippen LogP contribution in [-0.2, 0) is 4.74 Å². The number of carbonyl (C=O) groups excluding carboxylic acids is 1. The van der Waals surface area contributed by atoms with Crippen molar-refractivity contribution in [3.63, 3.8) is 0 Å². The molecule has 94 valence electrons. The van der Waals surface area contributed by atoms with Crippen LogP contribution in [0, 0.1) is 5.92 Å². The standard InChI is InChI=1S/C15H16O3/c16-13(9-11-5-7-17-8-6-11)15-10-12-3-1-2-4-14(12)18-15/h1-4,10-11H,5-9H2. The molecule has 2 heterocycles. The van der Waals surface area contributed by atoms with Gasteiger partial charge in [0, 0.05) is 25.0 Å². The summed E-state index contributed by atoms with van der Waals surface area (Å²) in [6.07, 6.45) is 2.53. The summed E-state index contributed by atoms with van der Waals surface area (Å²) in [4.78, 5) is 12.1. The predicted molar refractivity (Wildman–Crippen MR) is 68.7 cm³/mol. The van der Waals surface area contributed by atoms with Crippen molar-refractivity contribution in [2.45, 2.75) is 19.3 Å². The van der Waals surface area contributed by atoms with Crippen LogP contribution in [0.3, 0.4) is 0 Å². The molecule has 0 N–H and O–H groups in total. The first-order valence-corrected chi connectivity index (χ1v) is 6.42. The van der Waals surface area contributed by atoms with Crippen molar-refractivity contribution in [2.75, 3.05) is 13.2 Å². The second-order valence-electron chi connectivity index (χ2n) is 4.83. The molecule has 3 nitrogen and oxygen atoms in total. The van der Waals surface area contributed by atoms with Gasteiger partial charge in [-0.15, -0.1) is 0 Å². The zero-order valence-electron chi connectivity index (χ0n) is 10.2. The highest BCUT2D eigenvalue weighted by Gasteiger charge is 2.20. The third kappa shape index (κ3) is 2.31. The fraction of sp³-hybridized carbons (Fsp3) is 0.400. The van der Waals surface area contributed by atoms with Gasteiger partial charge in [-0.1, -0.05) is 18.2 Å². The molecule has 0 atom stereocenters. The Kier molecular flexibility index (Phi) is 3.15. The average molecular weight is 244 g/mol. The molecule has 0 aliphatic carbocycles. The Hall–Kier alpha value is -1.61. The van der Waals surface area contributed by atoms with Crippen LogP contribution in [-0.4, -0.2) is 19.0 Å². The lowest BCUT2D eigenvalue weighted by atomic mass is 9.94. The Morgan fingerprint density at radius 1 is 1.22 bits per heavy atom. The molecular weight excluding hydrogens is 228 g/mol. The number of Topliss-reactive ketones (excluding diaryl/α,β-unsaturated/α-hetero) is 1. The van der Waals surface area contributed by atoms with Crippen molar-refractivity contribution in [1.29, 1.82) is 0 Å². The number of ether oxygens (including phenoxy) is 1. The average Bonchev–Trinajstić information content (AvgIpc) is 2.84. The SMILES string of the molecule is O=C(CC1CCOCC1)c1cc2ccccc2o1. The van der Waals surface area contributed by atoms with Gasteiger partial charge in [0.1, 0.15) is 5.58 Å². The number of ketones is 1. The summed E-state index contributed by atoms with van der Waals surface area (Å²) in [7, 11) is 0. The number of fused-ring (bicyclic) bond motifs is 1. The van der Waals surface area contributed by atoms with Gasteiger partial charge in [0.05, 0.1) is 0 Å². The number of benzene rings is 1. The molecule has 0 amide bonds. The third-order valence-electron chi connectivity index (χ3n) is 3.52. The molecule has 1 saturated heterocycles. The lowest BCUT2D eigenvalue weighted by Gasteiger charge is -2.20. The minimum Gasteiger partial charge on any atom is -0.453 e. The van der Waals surface area contributed by atoms with Crippen LogP contribution in [0.1, 0.15) is 29.8 Å². The third-order valence-corrected chi connectivity index (χ3v) is 3.52. The molecule has 3 rings (SSSR count). The molecule has 0 bridgehead atoms. The molecule has 1 aliphatic rings. The Morgan fingerprint density at radius 3 is 2.78 bits per heavy atom. The Balaban J connectivity index is 1.74. The van der Waals surface area contributed by atoms with Gasteiger partial charge in [-0.3, -0.25) is 4.79 Å². The van der Waals surface area contributed by atoms with Gasteiger partial charge in [0.2, 0.25) is 0 Å². The summed E-state index contributed by atoms with van der Waals surface area (Å²) in [5.74, 6) is 1.04. The minimum absolute atomic E-state index is 0.109. The molecule has 0 spiro atoms. The van der Waals surface area contributed by atoms with Crippen molar-refractivity contribution in [3.8, 4) is 0 Å². The highest BCUT2D eigenvalue weighted by molar-refractivity contribution is 5.97. The number of hydrogen-bond acceptors (Lipinski definition) is 3. The minimum atomic E-state index is 0.109. The van der Waals surface area contributed by atoms with E-state index < -0.39 is 0 Å². The molecule has 1 aromatic heterocycles. The summed E-state index contributed by atoms with van der Waals surface area (Å²) in [6, 6.07) is 9.56. The van der Waals surface area contributed by atoms with E-state index in [4.69, 9.17) is 9.15 Å². The van der Waals surface area contributed by atoms with E-state index in [0.717, 1.165) is 37.0 Å². The topological polar surface area (TPSA) is 39.4 Å². The summed E-state index contributed by atoms with van der Waals surface area (Å²) >= 11 is 0. The van der Waals surface area contributed by atoms with Gasteiger partial charge in [-0.2, -0.15) is 0 Å². The van der Waals surface area contributed by atoms with Crippen LogP contribution in [0.15, 0.2) is 34.7 Å². The quantitative estimate of drug-likeness (QED) is 0.776. The van der Waals surface area contributed by atoms with E-state index in [0.29, 0.717) is 18.1 Å². The fourth-order valence-corrected chi connectivity index (χ4v) is 2.43. The fourth-order valence-electron chi connectivity index (χ4n) is 2.43. The molecule has 1 aromatic carbocycles. The molecule has 1 fully saturated rings. The first-order chi connectivity index (χ1) is 8.83. The number of hydrogen-bond donors (Lipinski definition) is 0. The van der Waals surface area contributed by atoms with E-state index in [9.17, 15) is 4.79 Å². The van der Waals surface area contributed by atoms with E-state index in [1.807, 2.05) is 30.3 Å². The van der Waals surface area contributed by atoms with Gasteiger partial charge < -0.3 is 9.15 Å². The number of carbonyl (C=O) groups is 1. The van der Waals surface area contributed by atoms with Gasteiger partial charge in [-0.05, 0) is 30.9 Å². The van der Waals surface area contributed by atoms with Crippen molar-refractivity contribution in [2.24, 2.45) is 5.92 Å². The molecule has 3 heteroatoms. The summed E-state index contributed by atoms with van der Waals surface area (Å²) in [6.45, 7) is 1.55. The van der Waals surface area contributed by atoms with Gasteiger partial charge in [-0.25, -0.2) is 0 Å². The number of furan rings is 1. The largest absolute Gasteiger partial charge is 0.453 e. The lowest BCUT2D eigenvalue weighted by Crippen LogP contribution is -2.18. The second-order valence-corrected chi connectivity index (χ2v) is 4.83. The monoisotopic (exact) mass is 244 g/mol. The van der Waals surface area contributed by atoms with Crippen molar-refractivity contribution in [1.82, 2.24) is 0 Å². The van der Waals surface area contributed by atoms with Crippen LogP contribution in [0.5, 0.6) is 0 Å². The lowest BCUT2D eigenvalue weighted by molar-refractivity contribution is 0.0593. The zero-order valence-corrected chi connectivity index (χ0v) is 10.2. The maximum absolute atomic E-state index is 12.1. The van der Waals surface area contributed by atoms with Crippen molar-refractivity contribution >= 4 is 16.8 Å². The second kappa shape index (κ2) is 4.94. The molecule has 2 aromatic rings. The van der Waals surface area contributed by atoms with Gasteiger partial charge >= 0.3 is 0 Å². The van der Waals surface area contributed by atoms with Crippen LogP contribution in [0.25, 0.3) is 11.0 Å². The summed E-state index contributed by atoms with van der Waals surface area (Å²) in [5, 5.41) is 0.993. The van der Waals surface area contributed by atoms with Crippen LogP contribution < -0.4 is 0 Å². The first-order valence-electron chi connectivity index (χ1n) is 6.42. The Morgan fingerprint density at radius 2 is 2.00 bits per heavy atom. The van der Waals surface area contributed by atoms with E-state index in [-0.39, 0.29) is 5.78 Å². The van der Waals surface area contributed by atoms with E-state index in [2.05, 4.69) is 0 Å². The van der Waals surface area contributed by atoms with E-state index in [1.54, 1.807) is 0 Å². The number of para-hydroxylation sites is 1. The van der Waals surface area contributed by atoms with Crippen molar-refractivity contribution in [3.05, 3.63) is 36.1 Å². The number of rotatable bonds is 3. The van der Waals surface area contributed by atoms with Crippen LogP contribution in [0.4, 0.5) is 0 Å². The molecule has 0 unspecified atom stereocenters. The summed E-state index contributed by atoms with van der Waals surface area (Å²) < 4.78 is 10.9. The van der Waals surface area contributed by atoms with Gasteiger partial charge in [0.15, 0.2) is 11.5 Å². The summed E-state index contributed by atoms with van der Waals surface area (Å²) in [5.41, 5.74) is 0.785. The highest BCUT2D eigenvalue weighted by atomic mass is 16.5. The molecule has 0 saturated carbocycles. The Labute approximate surface area is 106 Å². The molecule has 1 aliphatic heterocycles. The van der Waals surface area contributed by atoms with Crippen molar-refractivity contribution < 1.29 is 13.9 Å². The molecular formula is C15H16O3. The normalized spacial score (nSPS) is 17.1. The maximum Gasteiger partial charge on any atom is 0.198 e.